The van der Waals surface area contributed by atoms with Gasteiger partial charge in [0.2, 0.25) is 0 Å². The van der Waals surface area contributed by atoms with Gasteiger partial charge in [0.1, 0.15) is 6.61 Å². The van der Waals surface area contributed by atoms with E-state index in [4.69, 9.17) is 9.84 Å². The molecule has 0 unspecified atom stereocenters. The molecule has 0 radical (unpaired) electrons. The fraction of sp³-hybridized carbons (Fsp3) is 0.190. The first-order chi connectivity index (χ1) is 13.0. The number of ether oxygens (including phenoxy) is 1. The molecule has 0 saturated carbocycles. The van der Waals surface area contributed by atoms with Gasteiger partial charge in [0.25, 0.3) is 0 Å². The summed E-state index contributed by atoms with van der Waals surface area (Å²) >= 11 is 0. The predicted molar refractivity (Wildman–Crippen MR) is 99.2 cm³/mol. The van der Waals surface area contributed by atoms with Crippen molar-refractivity contribution >= 4 is 17.8 Å². The molecule has 0 aromatic heterocycles. The Morgan fingerprint density at radius 1 is 0.963 bits per heavy atom. The van der Waals surface area contributed by atoms with Crippen molar-refractivity contribution in [3.8, 4) is 11.8 Å². The fourth-order valence-electron chi connectivity index (χ4n) is 2.14. The molecule has 0 aliphatic rings. The Bertz CT molecular complexity index is 848. The SMILES string of the molecule is O=C(O)CCC(=O)c1ccc(C#CCNC(=O)OCc2ccccc2)cc1. The number of carboxylic acids is 1. The first kappa shape index (κ1) is 19.7. The number of alkyl carbamates (subject to hydrolysis) is 1. The maximum absolute atomic E-state index is 11.8. The first-order valence-corrected chi connectivity index (χ1v) is 8.33. The number of carbonyl (C=O) groups is 3. The molecule has 27 heavy (non-hydrogen) atoms. The summed E-state index contributed by atoms with van der Waals surface area (Å²) in [6, 6.07) is 15.9. The molecule has 2 aromatic carbocycles. The van der Waals surface area contributed by atoms with Gasteiger partial charge in [-0.2, -0.15) is 0 Å². The van der Waals surface area contributed by atoms with Gasteiger partial charge in [0.15, 0.2) is 5.78 Å². The van der Waals surface area contributed by atoms with Crippen LogP contribution < -0.4 is 5.32 Å². The molecular weight excluding hydrogens is 346 g/mol. The monoisotopic (exact) mass is 365 g/mol. The van der Waals surface area contributed by atoms with Crippen molar-refractivity contribution in [3.63, 3.8) is 0 Å². The predicted octanol–water partition coefficient (Wildman–Crippen LogP) is 3.01. The molecule has 138 valence electrons. The second-order valence-electron chi connectivity index (χ2n) is 5.61. The maximum Gasteiger partial charge on any atom is 0.408 e. The number of amides is 1. The van der Waals surface area contributed by atoms with Gasteiger partial charge in [-0.1, -0.05) is 54.3 Å². The van der Waals surface area contributed by atoms with Gasteiger partial charge in [0, 0.05) is 17.5 Å². The Morgan fingerprint density at radius 3 is 2.33 bits per heavy atom. The number of hydrogen-bond donors (Lipinski definition) is 2. The molecule has 0 heterocycles. The largest absolute Gasteiger partial charge is 0.481 e. The van der Waals surface area contributed by atoms with Crippen LogP contribution in [0.3, 0.4) is 0 Å². The highest BCUT2D eigenvalue weighted by molar-refractivity contribution is 5.97. The molecule has 1 amide bonds. The van der Waals surface area contributed by atoms with E-state index in [-0.39, 0.29) is 31.8 Å². The van der Waals surface area contributed by atoms with E-state index in [0.29, 0.717) is 11.1 Å². The second kappa shape index (κ2) is 10.4. The van der Waals surface area contributed by atoms with E-state index in [1.807, 2.05) is 30.3 Å². The molecule has 0 aliphatic carbocycles. The molecule has 6 heteroatoms. The summed E-state index contributed by atoms with van der Waals surface area (Å²) in [6.07, 6.45) is -0.769. The zero-order valence-electron chi connectivity index (χ0n) is 14.6. The summed E-state index contributed by atoms with van der Waals surface area (Å²) in [7, 11) is 0. The topological polar surface area (TPSA) is 92.7 Å². The lowest BCUT2D eigenvalue weighted by Gasteiger charge is -2.04. The number of carbonyl (C=O) groups excluding carboxylic acids is 2. The van der Waals surface area contributed by atoms with E-state index in [1.165, 1.54) is 0 Å². The third-order valence-corrected chi connectivity index (χ3v) is 3.54. The highest BCUT2D eigenvalue weighted by atomic mass is 16.5. The number of carboxylic acid groups (broad SMARTS) is 1. The first-order valence-electron chi connectivity index (χ1n) is 8.33. The van der Waals surface area contributed by atoms with Gasteiger partial charge in [-0.15, -0.1) is 0 Å². The smallest absolute Gasteiger partial charge is 0.408 e. The van der Waals surface area contributed by atoms with Crippen LogP contribution in [0.4, 0.5) is 4.79 Å². The summed E-state index contributed by atoms with van der Waals surface area (Å²) in [4.78, 5) is 33.9. The Kier molecular flexibility index (Phi) is 7.61. The van der Waals surface area contributed by atoms with Gasteiger partial charge < -0.3 is 15.2 Å². The van der Waals surface area contributed by atoms with Crippen molar-refractivity contribution in [2.24, 2.45) is 0 Å². The number of hydrogen-bond acceptors (Lipinski definition) is 4. The lowest BCUT2D eigenvalue weighted by Crippen LogP contribution is -2.24. The van der Waals surface area contributed by atoms with Crippen LogP contribution >= 0.6 is 0 Å². The summed E-state index contributed by atoms with van der Waals surface area (Å²) in [5.41, 5.74) is 2.03. The molecule has 0 atom stereocenters. The Morgan fingerprint density at radius 2 is 1.67 bits per heavy atom. The number of rotatable bonds is 7. The van der Waals surface area contributed by atoms with Crippen LogP contribution in [0.1, 0.15) is 34.3 Å². The van der Waals surface area contributed by atoms with E-state index in [9.17, 15) is 14.4 Å². The van der Waals surface area contributed by atoms with E-state index in [1.54, 1.807) is 24.3 Å². The molecule has 0 fully saturated rings. The molecule has 0 aliphatic heterocycles. The summed E-state index contributed by atoms with van der Waals surface area (Å²) in [6.45, 7) is 0.324. The van der Waals surface area contributed by atoms with Crippen molar-refractivity contribution in [1.82, 2.24) is 5.32 Å². The van der Waals surface area contributed by atoms with Crippen LogP contribution in [0.5, 0.6) is 0 Å². The molecule has 0 bridgehead atoms. The molecule has 2 N–H and O–H groups in total. The van der Waals surface area contributed by atoms with E-state index in [0.717, 1.165) is 5.56 Å². The van der Waals surface area contributed by atoms with Crippen LogP contribution in [0.2, 0.25) is 0 Å². The zero-order valence-corrected chi connectivity index (χ0v) is 14.6. The number of nitrogens with one attached hydrogen (secondary N) is 1. The molecule has 0 saturated heterocycles. The Labute approximate surface area is 157 Å². The highest BCUT2D eigenvalue weighted by Gasteiger charge is 2.08. The van der Waals surface area contributed by atoms with Crippen molar-refractivity contribution in [2.75, 3.05) is 6.54 Å². The third kappa shape index (κ3) is 7.45. The number of ketones is 1. The fourth-order valence-corrected chi connectivity index (χ4v) is 2.14. The lowest BCUT2D eigenvalue weighted by atomic mass is 10.0. The van der Waals surface area contributed by atoms with Crippen LogP contribution in [-0.4, -0.2) is 29.5 Å². The zero-order chi connectivity index (χ0) is 19.5. The van der Waals surface area contributed by atoms with Gasteiger partial charge in [-0.25, -0.2) is 4.79 Å². The minimum atomic E-state index is -0.999. The normalized spacial score (nSPS) is 9.63. The molecule has 6 nitrogen and oxygen atoms in total. The summed E-state index contributed by atoms with van der Waals surface area (Å²) in [5, 5.41) is 11.1. The van der Waals surface area contributed by atoms with Crippen LogP contribution in [0, 0.1) is 11.8 Å². The van der Waals surface area contributed by atoms with Crippen molar-refractivity contribution < 1.29 is 24.2 Å². The van der Waals surface area contributed by atoms with Gasteiger partial charge in [-0.3, -0.25) is 9.59 Å². The minimum Gasteiger partial charge on any atom is -0.481 e. The lowest BCUT2D eigenvalue weighted by molar-refractivity contribution is -0.136. The minimum absolute atomic E-state index is 0.0324. The van der Waals surface area contributed by atoms with E-state index >= 15 is 0 Å². The Balaban J connectivity index is 1.74. The standard InChI is InChI=1S/C21H19NO5/c23-19(12-13-20(24)25)18-10-8-16(9-11-18)7-4-14-22-21(26)27-15-17-5-2-1-3-6-17/h1-3,5-6,8-11H,12-15H2,(H,22,26)(H,24,25). The average Bonchev–Trinajstić information content (AvgIpc) is 2.69. The van der Waals surface area contributed by atoms with Crippen LogP contribution in [0.15, 0.2) is 54.6 Å². The van der Waals surface area contributed by atoms with E-state index in [2.05, 4.69) is 17.2 Å². The van der Waals surface area contributed by atoms with Gasteiger partial charge >= 0.3 is 12.1 Å². The van der Waals surface area contributed by atoms with E-state index < -0.39 is 12.1 Å². The Hall–Kier alpha value is -3.59. The summed E-state index contributed by atoms with van der Waals surface area (Å²) in [5.74, 6) is 4.44. The highest BCUT2D eigenvalue weighted by Crippen LogP contribution is 2.07. The average molecular weight is 365 g/mol. The maximum atomic E-state index is 11.8. The van der Waals surface area contributed by atoms with Gasteiger partial charge in [-0.05, 0) is 17.7 Å². The molecular formula is C21H19NO5. The van der Waals surface area contributed by atoms with Crippen LogP contribution in [0.25, 0.3) is 0 Å². The molecule has 2 rings (SSSR count). The van der Waals surface area contributed by atoms with Crippen LogP contribution in [-0.2, 0) is 16.1 Å². The summed E-state index contributed by atoms with van der Waals surface area (Å²) < 4.78 is 5.07. The van der Waals surface area contributed by atoms with Crippen molar-refractivity contribution in [3.05, 3.63) is 71.3 Å². The van der Waals surface area contributed by atoms with Crippen molar-refractivity contribution in [2.45, 2.75) is 19.4 Å². The number of aliphatic carboxylic acids is 1. The second-order valence-corrected chi connectivity index (χ2v) is 5.61. The number of benzene rings is 2. The van der Waals surface area contributed by atoms with Gasteiger partial charge in [0.05, 0.1) is 13.0 Å². The third-order valence-electron chi connectivity index (χ3n) is 3.54. The quantitative estimate of drug-likeness (QED) is 0.581. The molecule has 2 aromatic rings. The number of Topliss-reactive ketones (excluding diaryl/α,β-unsaturated/α-hetero) is 1. The molecule has 0 spiro atoms. The van der Waals surface area contributed by atoms with Crippen molar-refractivity contribution in [1.29, 1.82) is 0 Å².